The van der Waals surface area contributed by atoms with Crippen LogP contribution in [0.15, 0.2) is 24.3 Å². The molecule has 2 unspecified atom stereocenters. The van der Waals surface area contributed by atoms with E-state index in [-0.39, 0.29) is 10.6 Å². The van der Waals surface area contributed by atoms with Gasteiger partial charge in [-0.1, -0.05) is 12.1 Å². The zero-order valence-corrected chi connectivity index (χ0v) is 10.5. The van der Waals surface area contributed by atoms with Crippen molar-refractivity contribution >= 4 is 5.69 Å². The molecule has 0 bridgehead atoms. The molecular weight excluding hydrogens is 232 g/mol. The Kier molecular flexibility index (Phi) is 4.28. The van der Waals surface area contributed by atoms with Crippen molar-refractivity contribution < 1.29 is 9.66 Å². The number of nitrogens with one attached hydrogen (secondary N) is 1. The molecule has 5 nitrogen and oxygen atoms in total. The number of benzene rings is 1. The number of methoxy groups -OCH3 is 1. The van der Waals surface area contributed by atoms with Crippen LogP contribution in [0.2, 0.25) is 0 Å². The smallest absolute Gasteiger partial charge is 0.269 e. The predicted octanol–water partition coefficient (Wildman–Crippen LogP) is 1.93. The van der Waals surface area contributed by atoms with Crippen molar-refractivity contribution in [3.05, 3.63) is 39.9 Å². The highest BCUT2D eigenvalue weighted by Crippen LogP contribution is 2.47. The third-order valence-corrected chi connectivity index (χ3v) is 3.34. The summed E-state index contributed by atoms with van der Waals surface area (Å²) in [5.74, 6) is 1.21. The minimum atomic E-state index is -0.361. The Bertz CT molecular complexity index is 405. The fraction of sp³-hybridized carbons (Fsp3) is 0.538. The molecule has 0 aliphatic heterocycles. The number of nitro groups is 1. The summed E-state index contributed by atoms with van der Waals surface area (Å²) in [6, 6.07) is 6.92. The van der Waals surface area contributed by atoms with Gasteiger partial charge in [0.15, 0.2) is 0 Å². The SMILES string of the molecule is COCCNCC1CC1c1ccc([N+](=O)[O-])cc1. The zero-order chi connectivity index (χ0) is 13.0. The van der Waals surface area contributed by atoms with E-state index >= 15 is 0 Å². The van der Waals surface area contributed by atoms with E-state index in [0.29, 0.717) is 11.8 Å². The Morgan fingerprint density at radius 2 is 2.17 bits per heavy atom. The number of rotatable bonds is 7. The average molecular weight is 250 g/mol. The summed E-state index contributed by atoms with van der Waals surface area (Å²) in [7, 11) is 1.69. The maximum atomic E-state index is 10.5. The minimum Gasteiger partial charge on any atom is -0.383 e. The van der Waals surface area contributed by atoms with Gasteiger partial charge in [-0.05, 0) is 30.4 Å². The molecule has 1 N–H and O–H groups in total. The number of hydrogen-bond donors (Lipinski definition) is 1. The second-order valence-electron chi connectivity index (χ2n) is 4.65. The van der Waals surface area contributed by atoms with Crippen LogP contribution in [0.4, 0.5) is 5.69 Å². The topological polar surface area (TPSA) is 64.4 Å². The first-order chi connectivity index (χ1) is 8.72. The highest BCUT2D eigenvalue weighted by atomic mass is 16.6. The van der Waals surface area contributed by atoms with E-state index in [1.165, 1.54) is 5.56 Å². The average Bonchev–Trinajstić information content (AvgIpc) is 3.14. The molecule has 5 heteroatoms. The van der Waals surface area contributed by atoms with E-state index in [2.05, 4.69) is 5.32 Å². The highest BCUT2D eigenvalue weighted by Gasteiger charge is 2.37. The Morgan fingerprint density at radius 3 is 2.78 bits per heavy atom. The standard InChI is InChI=1S/C13H18N2O3/c1-18-7-6-14-9-11-8-13(11)10-2-4-12(5-3-10)15(16)17/h2-5,11,13-14H,6-9H2,1H3. The first-order valence-corrected chi connectivity index (χ1v) is 6.16. The van der Waals surface area contributed by atoms with Crippen LogP contribution in [-0.4, -0.2) is 31.7 Å². The Morgan fingerprint density at radius 1 is 1.44 bits per heavy atom. The van der Waals surface area contributed by atoms with Crippen LogP contribution in [0, 0.1) is 16.0 Å². The molecule has 0 spiro atoms. The summed E-state index contributed by atoms with van der Waals surface area (Å²) < 4.78 is 4.96. The zero-order valence-electron chi connectivity index (χ0n) is 10.5. The van der Waals surface area contributed by atoms with Crippen LogP contribution in [0.25, 0.3) is 0 Å². The first-order valence-electron chi connectivity index (χ1n) is 6.16. The molecule has 18 heavy (non-hydrogen) atoms. The summed E-state index contributed by atoms with van der Waals surface area (Å²) in [6.45, 7) is 2.60. The van der Waals surface area contributed by atoms with E-state index in [1.54, 1.807) is 19.2 Å². The van der Waals surface area contributed by atoms with E-state index in [0.717, 1.165) is 26.1 Å². The molecule has 1 fully saturated rings. The fourth-order valence-corrected chi connectivity index (χ4v) is 2.19. The second kappa shape index (κ2) is 5.93. The monoisotopic (exact) mass is 250 g/mol. The molecule has 0 amide bonds. The summed E-state index contributed by atoms with van der Waals surface area (Å²) in [6.07, 6.45) is 1.16. The third kappa shape index (κ3) is 3.27. The Balaban J connectivity index is 1.78. The summed E-state index contributed by atoms with van der Waals surface area (Å²) in [5, 5.41) is 13.9. The molecule has 0 saturated heterocycles. The van der Waals surface area contributed by atoms with Gasteiger partial charge in [-0.25, -0.2) is 0 Å². The van der Waals surface area contributed by atoms with Gasteiger partial charge < -0.3 is 10.1 Å². The van der Waals surface area contributed by atoms with Crippen molar-refractivity contribution in [3.8, 4) is 0 Å². The fourth-order valence-electron chi connectivity index (χ4n) is 2.19. The lowest BCUT2D eigenvalue weighted by molar-refractivity contribution is -0.384. The molecule has 2 atom stereocenters. The summed E-state index contributed by atoms with van der Waals surface area (Å²) in [4.78, 5) is 10.2. The summed E-state index contributed by atoms with van der Waals surface area (Å²) >= 11 is 0. The predicted molar refractivity (Wildman–Crippen MR) is 68.7 cm³/mol. The van der Waals surface area contributed by atoms with Crippen molar-refractivity contribution in [3.63, 3.8) is 0 Å². The minimum absolute atomic E-state index is 0.161. The molecule has 0 radical (unpaired) electrons. The van der Waals surface area contributed by atoms with E-state index in [4.69, 9.17) is 4.74 Å². The van der Waals surface area contributed by atoms with Gasteiger partial charge in [-0.3, -0.25) is 10.1 Å². The molecule has 1 saturated carbocycles. The van der Waals surface area contributed by atoms with Gasteiger partial charge in [-0.2, -0.15) is 0 Å². The van der Waals surface area contributed by atoms with Gasteiger partial charge in [0.05, 0.1) is 11.5 Å². The molecule has 1 aromatic rings. The number of nitrogens with zero attached hydrogens (tertiary/aromatic N) is 1. The molecule has 0 heterocycles. The molecule has 2 rings (SSSR count). The van der Waals surface area contributed by atoms with Gasteiger partial charge in [0.1, 0.15) is 0 Å². The molecule has 1 aliphatic rings. The Hall–Kier alpha value is -1.46. The van der Waals surface area contributed by atoms with Crippen LogP contribution in [0.1, 0.15) is 17.9 Å². The van der Waals surface area contributed by atoms with Crippen LogP contribution >= 0.6 is 0 Å². The summed E-state index contributed by atoms with van der Waals surface area (Å²) in [5.41, 5.74) is 1.37. The van der Waals surface area contributed by atoms with Gasteiger partial charge in [0.25, 0.3) is 5.69 Å². The molecule has 1 aliphatic carbocycles. The molecular formula is C13H18N2O3. The lowest BCUT2D eigenvalue weighted by atomic mass is 10.1. The van der Waals surface area contributed by atoms with E-state index in [1.807, 2.05) is 12.1 Å². The van der Waals surface area contributed by atoms with Crippen LogP contribution in [0.5, 0.6) is 0 Å². The van der Waals surface area contributed by atoms with Gasteiger partial charge in [0, 0.05) is 25.8 Å². The van der Waals surface area contributed by atoms with Crippen LogP contribution in [-0.2, 0) is 4.74 Å². The Labute approximate surface area is 106 Å². The van der Waals surface area contributed by atoms with Crippen molar-refractivity contribution in [2.75, 3.05) is 26.8 Å². The number of non-ortho nitro benzene ring substituents is 1. The van der Waals surface area contributed by atoms with Crippen LogP contribution < -0.4 is 5.32 Å². The van der Waals surface area contributed by atoms with Crippen molar-refractivity contribution in [2.45, 2.75) is 12.3 Å². The van der Waals surface area contributed by atoms with E-state index in [9.17, 15) is 10.1 Å². The number of nitro benzene ring substituents is 1. The molecule has 98 valence electrons. The second-order valence-corrected chi connectivity index (χ2v) is 4.65. The van der Waals surface area contributed by atoms with E-state index < -0.39 is 0 Å². The maximum Gasteiger partial charge on any atom is 0.269 e. The molecule has 0 aromatic heterocycles. The van der Waals surface area contributed by atoms with Gasteiger partial charge in [-0.15, -0.1) is 0 Å². The van der Waals surface area contributed by atoms with Gasteiger partial charge >= 0.3 is 0 Å². The lowest BCUT2D eigenvalue weighted by Gasteiger charge is -2.03. The number of hydrogen-bond acceptors (Lipinski definition) is 4. The third-order valence-electron chi connectivity index (χ3n) is 3.34. The normalized spacial score (nSPS) is 21.8. The van der Waals surface area contributed by atoms with Crippen molar-refractivity contribution in [2.24, 2.45) is 5.92 Å². The number of ether oxygens (including phenoxy) is 1. The maximum absolute atomic E-state index is 10.5. The van der Waals surface area contributed by atoms with Crippen LogP contribution in [0.3, 0.4) is 0 Å². The van der Waals surface area contributed by atoms with Crippen molar-refractivity contribution in [1.82, 2.24) is 5.32 Å². The lowest BCUT2D eigenvalue weighted by Crippen LogP contribution is -2.21. The molecule has 1 aromatic carbocycles. The highest BCUT2D eigenvalue weighted by molar-refractivity contribution is 5.36. The largest absolute Gasteiger partial charge is 0.383 e. The first kappa shape index (κ1) is 13.0. The quantitative estimate of drug-likeness (QED) is 0.456. The van der Waals surface area contributed by atoms with Gasteiger partial charge in [0.2, 0.25) is 0 Å². The van der Waals surface area contributed by atoms with Crippen molar-refractivity contribution in [1.29, 1.82) is 0 Å².